The summed E-state index contributed by atoms with van der Waals surface area (Å²) in [6.07, 6.45) is 0. The molecule has 190 valence electrons. The molecule has 0 atom stereocenters. The van der Waals surface area contributed by atoms with Crippen LogP contribution in [-0.2, 0) is 0 Å². The summed E-state index contributed by atoms with van der Waals surface area (Å²) in [5, 5.41) is 30.3. The number of aromatic hydroxyl groups is 2. The zero-order valence-corrected chi connectivity index (χ0v) is 22.3. The number of rotatable bonds is 2. The van der Waals surface area contributed by atoms with Crippen molar-refractivity contribution in [3.8, 4) is 33.8 Å². The number of phenolic OH excluding ortho intramolecular Hbond substituents is 2. The number of benzene rings is 7. The maximum absolute atomic E-state index is 11.2. The van der Waals surface area contributed by atoms with Crippen LogP contribution in [0.2, 0.25) is 0 Å². The van der Waals surface area contributed by atoms with Crippen molar-refractivity contribution in [1.82, 2.24) is 0 Å². The van der Waals surface area contributed by atoms with Gasteiger partial charge in [0.2, 0.25) is 0 Å². The second-order valence-electron chi connectivity index (χ2n) is 10.7. The normalized spacial score (nSPS) is 11.8. The van der Waals surface area contributed by atoms with E-state index in [0.717, 1.165) is 65.4 Å². The zero-order valence-electron chi connectivity index (χ0n) is 22.3. The van der Waals surface area contributed by atoms with E-state index >= 15 is 0 Å². The van der Waals surface area contributed by atoms with Crippen molar-refractivity contribution in [2.24, 2.45) is 0 Å². The van der Waals surface area contributed by atoms with Crippen molar-refractivity contribution < 1.29 is 14.6 Å². The van der Waals surface area contributed by atoms with Crippen LogP contribution in [-0.4, -0.2) is 33.8 Å². The predicted octanol–water partition coefficient (Wildman–Crippen LogP) is 6.17. The topological polar surface area (TPSA) is 53.6 Å². The molecule has 0 aliphatic heterocycles. The van der Waals surface area contributed by atoms with E-state index < -0.39 is 0 Å². The van der Waals surface area contributed by atoms with Crippen LogP contribution in [0.4, 0.5) is 0 Å². The van der Waals surface area contributed by atoms with Gasteiger partial charge < -0.3 is 14.6 Å². The molecule has 2 N–H and O–H groups in total. The third kappa shape index (κ3) is 3.39. The molecule has 0 saturated carbocycles. The Hall–Kier alpha value is -5.09. The summed E-state index contributed by atoms with van der Waals surface area (Å²) in [6, 6.07) is 34.7. The quantitative estimate of drug-likeness (QED) is 0.207. The zero-order chi connectivity index (χ0) is 28.7. The first-order valence-corrected chi connectivity index (χ1v) is 13.6. The van der Waals surface area contributed by atoms with E-state index in [1.807, 2.05) is 66.7 Å². The van der Waals surface area contributed by atoms with Gasteiger partial charge in [-0.1, -0.05) is 89.8 Å². The maximum atomic E-state index is 11.2. The molecule has 0 saturated heterocycles. The second kappa shape index (κ2) is 8.96. The van der Waals surface area contributed by atoms with Crippen molar-refractivity contribution >= 4 is 94.2 Å². The molecule has 0 amide bonds. The molecule has 8 rings (SSSR count). The molecule has 8 aromatic rings. The Kier molecular flexibility index (Phi) is 5.27. The molecule has 7 aromatic carbocycles. The summed E-state index contributed by atoms with van der Waals surface area (Å²) in [4.78, 5) is 0. The lowest BCUT2D eigenvalue weighted by atomic mass is 9.69. The Morgan fingerprint density at radius 3 is 1.52 bits per heavy atom. The van der Waals surface area contributed by atoms with Crippen LogP contribution in [0.15, 0.2) is 108 Å². The van der Waals surface area contributed by atoms with E-state index in [2.05, 4.69) is 36.4 Å². The molecule has 0 aliphatic rings. The summed E-state index contributed by atoms with van der Waals surface area (Å²) in [7, 11) is 18.3. The molecule has 1 heterocycles. The van der Waals surface area contributed by atoms with Gasteiger partial charge >= 0.3 is 0 Å². The fourth-order valence-electron chi connectivity index (χ4n) is 6.35. The highest BCUT2D eigenvalue weighted by Gasteiger charge is 2.24. The van der Waals surface area contributed by atoms with Crippen LogP contribution in [0.5, 0.6) is 11.5 Å². The minimum Gasteiger partial charge on any atom is -0.508 e. The third-order valence-electron chi connectivity index (χ3n) is 8.37. The molecule has 0 bridgehead atoms. The van der Waals surface area contributed by atoms with Crippen molar-refractivity contribution in [3.63, 3.8) is 0 Å². The van der Waals surface area contributed by atoms with Crippen molar-refractivity contribution in [3.05, 3.63) is 103 Å². The average molecular weight is 532 g/mol. The van der Waals surface area contributed by atoms with E-state index in [1.54, 1.807) is 0 Å². The van der Waals surface area contributed by atoms with Crippen molar-refractivity contribution in [1.29, 1.82) is 0 Å². The Morgan fingerprint density at radius 2 is 0.929 bits per heavy atom. The number of phenols is 2. The molecule has 0 unspecified atom stereocenters. The van der Waals surface area contributed by atoms with E-state index in [9.17, 15) is 10.2 Å². The Bertz CT molecular complexity index is 2340. The standard InChI is InChI=1S/C36H19B3O3/c37-32-33(38)35(40)31(36(41)34(32)39)30-23-11-5-3-9-21(23)29(22-10-4-6-12-24(22)30)20-13-14-27-25(16-20)26-15-18-7-1-2-8-19(18)17-28(26)42-27/h1-17,40-41H. The van der Waals surface area contributed by atoms with Gasteiger partial charge in [-0.05, 0) is 67.7 Å². The summed E-state index contributed by atoms with van der Waals surface area (Å²) >= 11 is 0. The molecule has 0 aliphatic carbocycles. The van der Waals surface area contributed by atoms with Gasteiger partial charge in [0, 0.05) is 16.3 Å². The molecule has 42 heavy (non-hydrogen) atoms. The van der Waals surface area contributed by atoms with Gasteiger partial charge in [0.1, 0.15) is 46.2 Å². The SMILES string of the molecule is [B]c1c([B])c(O)c(-c2c3ccccc3c(-c3ccc4oc5cc6ccccc6cc5c4c3)c3ccccc23)c(O)c1[B]. The first-order valence-electron chi connectivity index (χ1n) is 13.6. The van der Waals surface area contributed by atoms with E-state index in [4.69, 9.17) is 28.0 Å². The first-order chi connectivity index (χ1) is 20.4. The molecular weight excluding hydrogens is 513 g/mol. The largest absolute Gasteiger partial charge is 0.508 e. The van der Waals surface area contributed by atoms with Crippen molar-refractivity contribution in [2.75, 3.05) is 0 Å². The molecular formula is C36H19B3O3. The van der Waals surface area contributed by atoms with Crippen LogP contribution in [0, 0.1) is 0 Å². The number of fused-ring (bicyclic) bond motifs is 6. The minimum atomic E-state index is -0.305. The van der Waals surface area contributed by atoms with Crippen molar-refractivity contribution in [2.45, 2.75) is 0 Å². The maximum Gasteiger partial charge on any atom is 0.136 e. The summed E-state index contributed by atoms with van der Waals surface area (Å²) < 4.78 is 6.27. The molecule has 0 fully saturated rings. The molecule has 3 nitrogen and oxygen atoms in total. The lowest BCUT2D eigenvalue weighted by Gasteiger charge is -2.22. The second-order valence-corrected chi connectivity index (χ2v) is 10.7. The Morgan fingerprint density at radius 1 is 0.429 bits per heavy atom. The summed E-state index contributed by atoms with van der Waals surface area (Å²) in [5.41, 5.74) is 4.30. The van der Waals surface area contributed by atoms with Crippen LogP contribution >= 0.6 is 0 Å². The molecule has 0 spiro atoms. The predicted molar refractivity (Wildman–Crippen MR) is 177 cm³/mol. The van der Waals surface area contributed by atoms with Crippen LogP contribution in [0.3, 0.4) is 0 Å². The van der Waals surface area contributed by atoms with Gasteiger partial charge in [-0.2, -0.15) is 0 Å². The highest BCUT2D eigenvalue weighted by Crippen LogP contribution is 2.48. The van der Waals surface area contributed by atoms with Gasteiger partial charge in [-0.3, -0.25) is 0 Å². The highest BCUT2D eigenvalue weighted by atomic mass is 16.3. The van der Waals surface area contributed by atoms with Crippen LogP contribution in [0.25, 0.3) is 76.5 Å². The van der Waals surface area contributed by atoms with Crippen LogP contribution in [0.1, 0.15) is 0 Å². The average Bonchev–Trinajstić information content (AvgIpc) is 3.38. The monoisotopic (exact) mass is 532 g/mol. The van der Waals surface area contributed by atoms with Gasteiger partial charge in [0.05, 0.1) is 5.56 Å². The smallest absolute Gasteiger partial charge is 0.136 e. The number of hydrogen-bond donors (Lipinski definition) is 2. The van der Waals surface area contributed by atoms with E-state index in [-0.39, 0.29) is 33.5 Å². The summed E-state index contributed by atoms with van der Waals surface area (Å²) in [5.74, 6) is -0.610. The fourth-order valence-corrected chi connectivity index (χ4v) is 6.35. The van der Waals surface area contributed by atoms with E-state index in [1.165, 1.54) is 0 Å². The van der Waals surface area contributed by atoms with Gasteiger partial charge in [0.25, 0.3) is 0 Å². The van der Waals surface area contributed by atoms with Crippen LogP contribution < -0.4 is 16.4 Å². The van der Waals surface area contributed by atoms with Gasteiger partial charge in [-0.15, -0.1) is 5.46 Å². The Balaban J connectivity index is 1.49. The molecule has 1 aromatic heterocycles. The highest BCUT2D eigenvalue weighted by molar-refractivity contribution is 6.59. The lowest BCUT2D eigenvalue weighted by molar-refractivity contribution is 0.460. The fraction of sp³-hybridized carbons (Fsp3) is 0. The number of hydrogen-bond acceptors (Lipinski definition) is 3. The van der Waals surface area contributed by atoms with E-state index in [0.29, 0.717) is 5.56 Å². The first kappa shape index (κ1) is 24.7. The Labute approximate surface area is 245 Å². The van der Waals surface area contributed by atoms with Gasteiger partial charge in [-0.25, -0.2) is 0 Å². The lowest BCUT2D eigenvalue weighted by Crippen LogP contribution is -2.39. The molecule has 6 heteroatoms. The summed E-state index contributed by atoms with van der Waals surface area (Å²) in [6.45, 7) is 0. The number of furan rings is 1. The van der Waals surface area contributed by atoms with Gasteiger partial charge in [0.15, 0.2) is 0 Å². The molecule has 6 radical (unpaired) electrons. The minimum absolute atomic E-state index is 0.0487. The third-order valence-corrected chi connectivity index (χ3v) is 8.37.